The van der Waals surface area contributed by atoms with Crippen LogP contribution in [0.4, 0.5) is 0 Å². The summed E-state index contributed by atoms with van der Waals surface area (Å²) in [7, 11) is 0. The Balaban J connectivity index is 2.02. The van der Waals surface area contributed by atoms with Crippen molar-refractivity contribution in [3.8, 4) is 0 Å². The first-order chi connectivity index (χ1) is 8.72. The third kappa shape index (κ3) is 3.18. The van der Waals surface area contributed by atoms with Crippen molar-refractivity contribution in [1.29, 1.82) is 0 Å². The first kappa shape index (κ1) is 13.7. The summed E-state index contributed by atoms with van der Waals surface area (Å²) >= 11 is 11.9. The van der Waals surface area contributed by atoms with Crippen LogP contribution in [0.5, 0.6) is 0 Å². The Hall–Kier alpha value is -0.730. The predicted molar refractivity (Wildman–Crippen MR) is 75.2 cm³/mol. The molecule has 4 heteroatoms. The molecule has 2 rings (SSSR count). The van der Waals surface area contributed by atoms with E-state index in [4.69, 9.17) is 23.2 Å². The van der Waals surface area contributed by atoms with Crippen molar-refractivity contribution in [3.05, 3.63) is 34.9 Å². The molecule has 2 nitrogen and oxygen atoms in total. The molecular weight excluding hydrogens is 269 g/mol. The van der Waals surface area contributed by atoms with Crippen LogP contribution in [0.3, 0.4) is 0 Å². The van der Waals surface area contributed by atoms with E-state index < -0.39 is 0 Å². The highest BCUT2D eigenvalue weighted by atomic mass is 35.5. The molecule has 0 unspecified atom stereocenters. The second-order valence-corrected chi connectivity index (χ2v) is 5.41. The van der Waals surface area contributed by atoms with E-state index in [0.29, 0.717) is 29.9 Å². The van der Waals surface area contributed by atoms with Crippen molar-refractivity contribution in [3.63, 3.8) is 0 Å². The Labute approximate surface area is 118 Å². The number of benzene rings is 1. The lowest BCUT2D eigenvalue weighted by atomic mass is 9.91. The summed E-state index contributed by atoms with van der Waals surface area (Å²) in [5, 5.41) is 0.658. The van der Waals surface area contributed by atoms with Gasteiger partial charge in [-0.05, 0) is 30.9 Å². The highest BCUT2D eigenvalue weighted by Gasteiger charge is 2.28. The second kappa shape index (κ2) is 6.44. The molecule has 0 atom stereocenters. The quantitative estimate of drug-likeness (QED) is 0.759. The van der Waals surface area contributed by atoms with E-state index in [0.717, 1.165) is 18.4 Å². The summed E-state index contributed by atoms with van der Waals surface area (Å²) in [5.74, 6) is 0.624. The molecule has 0 aliphatic heterocycles. The van der Waals surface area contributed by atoms with Gasteiger partial charge in [-0.1, -0.05) is 29.8 Å². The number of carbonyl (C=O) groups is 1. The number of hydrogen-bond donors (Lipinski definition) is 0. The minimum atomic E-state index is 0.133. The monoisotopic (exact) mass is 285 g/mol. The van der Waals surface area contributed by atoms with Crippen molar-refractivity contribution in [2.45, 2.75) is 31.7 Å². The summed E-state index contributed by atoms with van der Waals surface area (Å²) in [4.78, 5) is 14.2. The van der Waals surface area contributed by atoms with Gasteiger partial charge in [0.15, 0.2) is 0 Å². The summed E-state index contributed by atoms with van der Waals surface area (Å²) in [5.41, 5.74) is 0.892. The van der Waals surface area contributed by atoms with Crippen molar-refractivity contribution in [2.24, 2.45) is 0 Å². The van der Waals surface area contributed by atoms with E-state index in [-0.39, 0.29) is 5.91 Å². The van der Waals surface area contributed by atoms with Crippen molar-refractivity contribution in [1.82, 2.24) is 4.90 Å². The molecule has 0 radical (unpaired) electrons. The zero-order chi connectivity index (χ0) is 13.0. The van der Waals surface area contributed by atoms with Crippen LogP contribution in [-0.2, 0) is 11.2 Å². The van der Waals surface area contributed by atoms with E-state index in [1.165, 1.54) is 6.42 Å². The summed E-state index contributed by atoms with van der Waals surface area (Å²) in [6.07, 6.45) is 3.78. The number of carbonyl (C=O) groups excluding carboxylic acids is 1. The number of alkyl halides is 1. The zero-order valence-electron chi connectivity index (χ0n) is 10.2. The van der Waals surface area contributed by atoms with Crippen molar-refractivity contribution in [2.75, 3.05) is 12.4 Å². The molecule has 0 spiro atoms. The zero-order valence-corrected chi connectivity index (χ0v) is 11.8. The molecule has 1 fully saturated rings. The Morgan fingerprint density at radius 1 is 1.33 bits per heavy atom. The highest BCUT2D eigenvalue weighted by Crippen LogP contribution is 2.26. The van der Waals surface area contributed by atoms with Gasteiger partial charge in [-0.15, -0.1) is 11.6 Å². The average molecular weight is 286 g/mol. The number of amides is 1. The molecule has 0 bridgehead atoms. The lowest BCUT2D eigenvalue weighted by Crippen LogP contribution is -2.45. The topological polar surface area (TPSA) is 20.3 Å². The predicted octanol–water partition coefficient (Wildman–Crippen LogP) is 3.50. The Morgan fingerprint density at radius 3 is 2.61 bits per heavy atom. The fraction of sp³-hybridized carbons (Fsp3) is 0.500. The van der Waals surface area contributed by atoms with Crippen LogP contribution in [0.25, 0.3) is 0 Å². The second-order valence-electron chi connectivity index (χ2n) is 4.63. The third-order valence-electron chi connectivity index (χ3n) is 3.46. The normalized spacial score (nSPS) is 15.2. The number of nitrogens with zero attached hydrogens (tertiary/aromatic N) is 1. The molecule has 1 aliphatic carbocycles. The Bertz CT molecular complexity index is 418. The number of halogens is 2. The molecule has 1 aliphatic rings. The van der Waals surface area contributed by atoms with E-state index in [9.17, 15) is 4.79 Å². The summed E-state index contributed by atoms with van der Waals surface area (Å²) in [6.45, 7) is 0.634. The standard InChI is InChI=1S/C14H17Cl2NO/c15-8-9-17(12-5-3-6-12)14(18)10-11-4-1-2-7-13(11)16/h1-2,4,7,12H,3,5-6,8-10H2. The number of rotatable bonds is 5. The Morgan fingerprint density at radius 2 is 2.06 bits per heavy atom. The van der Waals surface area contributed by atoms with Crippen molar-refractivity contribution < 1.29 is 4.79 Å². The summed E-state index contributed by atoms with van der Waals surface area (Å²) in [6, 6.07) is 7.89. The molecule has 0 saturated heterocycles. The number of hydrogen-bond acceptors (Lipinski definition) is 1. The van der Waals surface area contributed by atoms with Crippen molar-refractivity contribution >= 4 is 29.1 Å². The minimum absolute atomic E-state index is 0.133. The first-order valence-electron chi connectivity index (χ1n) is 6.31. The molecule has 0 aromatic heterocycles. The largest absolute Gasteiger partial charge is 0.338 e. The molecule has 1 aromatic rings. The minimum Gasteiger partial charge on any atom is -0.338 e. The van der Waals surface area contributed by atoms with Gasteiger partial charge in [0.2, 0.25) is 5.91 Å². The fourth-order valence-corrected chi connectivity index (χ4v) is 2.59. The maximum Gasteiger partial charge on any atom is 0.227 e. The molecule has 98 valence electrons. The van der Waals surface area contributed by atoms with Crippen LogP contribution in [0, 0.1) is 0 Å². The first-order valence-corrected chi connectivity index (χ1v) is 7.22. The Kier molecular flexibility index (Phi) is 4.90. The molecule has 1 amide bonds. The van der Waals surface area contributed by atoms with E-state index >= 15 is 0 Å². The fourth-order valence-electron chi connectivity index (χ4n) is 2.21. The van der Waals surface area contributed by atoms with Gasteiger partial charge in [0.1, 0.15) is 0 Å². The average Bonchev–Trinajstić information content (AvgIpc) is 2.29. The maximum absolute atomic E-state index is 12.3. The van der Waals surface area contributed by atoms with Gasteiger partial charge in [0.25, 0.3) is 0 Å². The van der Waals surface area contributed by atoms with Crippen LogP contribution < -0.4 is 0 Å². The lowest BCUT2D eigenvalue weighted by Gasteiger charge is -2.37. The van der Waals surface area contributed by atoms with Gasteiger partial charge in [-0.25, -0.2) is 0 Å². The van der Waals surface area contributed by atoms with Crippen LogP contribution in [0.2, 0.25) is 5.02 Å². The van der Waals surface area contributed by atoms with Crippen LogP contribution >= 0.6 is 23.2 Å². The third-order valence-corrected chi connectivity index (χ3v) is 4.00. The van der Waals surface area contributed by atoms with E-state index in [1.807, 2.05) is 29.2 Å². The van der Waals surface area contributed by atoms with Crippen LogP contribution in [0.15, 0.2) is 24.3 Å². The van der Waals surface area contributed by atoms with Gasteiger partial charge >= 0.3 is 0 Å². The smallest absolute Gasteiger partial charge is 0.227 e. The van der Waals surface area contributed by atoms with Gasteiger partial charge in [-0.2, -0.15) is 0 Å². The van der Waals surface area contributed by atoms with E-state index in [1.54, 1.807) is 0 Å². The molecule has 1 aromatic carbocycles. The van der Waals surface area contributed by atoms with Crippen LogP contribution in [0.1, 0.15) is 24.8 Å². The van der Waals surface area contributed by atoms with Gasteiger partial charge < -0.3 is 4.90 Å². The molecule has 0 heterocycles. The summed E-state index contributed by atoms with van der Waals surface area (Å²) < 4.78 is 0. The molecular formula is C14H17Cl2NO. The van der Waals surface area contributed by atoms with Gasteiger partial charge in [0.05, 0.1) is 6.42 Å². The molecule has 0 N–H and O–H groups in total. The maximum atomic E-state index is 12.3. The molecule has 1 saturated carbocycles. The van der Waals surface area contributed by atoms with Crippen LogP contribution in [-0.4, -0.2) is 29.3 Å². The van der Waals surface area contributed by atoms with E-state index in [2.05, 4.69) is 0 Å². The van der Waals surface area contributed by atoms with Gasteiger partial charge in [0, 0.05) is 23.5 Å². The van der Waals surface area contributed by atoms with Gasteiger partial charge in [-0.3, -0.25) is 4.79 Å². The lowest BCUT2D eigenvalue weighted by molar-refractivity contribution is -0.134. The molecule has 18 heavy (non-hydrogen) atoms. The highest BCUT2D eigenvalue weighted by molar-refractivity contribution is 6.31. The SMILES string of the molecule is O=C(Cc1ccccc1Cl)N(CCCl)C1CCC1.